The van der Waals surface area contributed by atoms with Crippen molar-refractivity contribution in [2.75, 3.05) is 13.2 Å². The van der Waals surface area contributed by atoms with Gasteiger partial charge >= 0.3 is 0 Å². The maximum Gasteiger partial charge on any atom is 0.133 e. The van der Waals surface area contributed by atoms with Crippen LogP contribution in [0.25, 0.3) is 0 Å². The molecule has 0 aliphatic heterocycles. The summed E-state index contributed by atoms with van der Waals surface area (Å²) in [6, 6.07) is 5.99. The van der Waals surface area contributed by atoms with Crippen LogP contribution >= 0.6 is 15.9 Å². The van der Waals surface area contributed by atoms with Crippen molar-refractivity contribution >= 4 is 15.9 Å². The Morgan fingerprint density at radius 1 is 1.41 bits per heavy atom. The molecule has 1 aromatic carbocycles. The molecule has 0 bridgehead atoms. The average Bonchev–Trinajstić information content (AvgIpc) is 3.11. The number of aliphatic hydroxyl groups excluding tert-OH is 1. The van der Waals surface area contributed by atoms with Crippen LogP contribution in [0.2, 0.25) is 0 Å². The van der Waals surface area contributed by atoms with E-state index in [1.807, 2.05) is 32.0 Å². The molecule has 3 heteroatoms. The Kier molecular flexibility index (Phi) is 3.79. The number of ether oxygens (including phenoxy) is 1. The van der Waals surface area contributed by atoms with E-state index in [-0.39, 0.29) is 12.0 Å². The summed E-state index contributed by atoms with van der Waals surface area (Å²) in [4.78, 5) is 0. The molecular formula is C14H19BrO2. The van der Waals surface area contributed by atoms with Gasteiger partial charge in [0.15, 0.2) is 0 Å². The SMILES string of the molecule is CC(C)(CO)c1cccc(OCC2CC2)c1Br. The van der Waals surface area contributed by atoms with Gasteiger partial charge in [-0.15, -0.1) is 0 Å². The molecule has 2 nitrogen and oxygen atoms in total. The Bertz CT molecular complexity index is 397. The molecular weight excluding hydrogens is 280 g/mol. The fraction of sp³-hybridized carbons (Fsp3) is 0.571. The van der Waals surface area contributed by atoms with E-state index in [9.17, 15) is 5.11 Å². The van der Waals surface area contributed by atoms with Crippen molar-refractivity contribution in [3.63, 3.8) is 0 Å². The zero-order valence-electron chi connectivity index (χ0n) is 10.4. The van der Waals surface area contributed by atoms with E-state index in [0.29, 0.717) is 0 Å². The van der Waals surface area contributed by atoms with Gasteiger partial charge in [0, 0.05) is 5.41 Å². The first-order valence-corrected chi connectivity index (χ1v) is 6.86. The molecule has 1 N–H and O–H groups in total. The Hall–Kier alpha value is -0.540. The van der Waals surface area contributed by atoms with Gasteiger partial charge in [-0.3, -0.25) is 0 Å². The number of hydrogen-bond donors (Lipinski definition) is 1. The van der Waals surface area contributed by atoms with E-state index in [1.54, 1.807) is 0 Å². The van der Waals surface area contributed by atoms with Crippen LogP contribution in [0.5, 0.6) is 5.75 Å². The molecule has 0 aromatic heterocycles. The third-order valence-electron chi connectivity index (χ3n) is 3.26. The van der Waals surface area contributed by atoms with Crippen molar-refractivity contribution in [2.45, 2.75) is 32.1 Å². The van der Waals surface area contributed by atoms with Gasteiger partial charge in [0.1, 0.15) is 5.75 Å². The van der Waals surface area contributed by atoms with Gasteiger partial charge in [-0.25, -0.2) is 0 Å². The predicted molar refractivity (Wildman–Crippen MR) is 72.5 cm³/mol. The van der Waals surface area contributed by atoms with Crippen LogP contribution in [0.1, 0.15) is 32.3 Å². The first-order valence-electron chi connectivity index (χ1n) is 6.07. The van der Waals surface area contributed by atoms with Gasteiger partial charge in [0.05, 0.1) is 17.7 Å². The summed E-state index contributed by atoms with van der Waals surface area (Å²) >= 11 is 3.59. The summed E-state index contributed by atoms with van der Waals surface area (Å²) in [5, 5.41) is 9.43. The second-order valence-electron chi connectivity index (χ2n) is 5.41. The molecule has 1 saturated carbocycles. The van der Waals surface area contributed by atoms with Crippen LogP contribution in [0.15, 0.2) is 22.7 Å². The third kappa shape index (κ3) is 3.02. The Balaban J connectivity index is 2.19. The topological polar surface area (TPSA) is 29.5 Å². The monoisotopic (exact) mass is 298 g/mol. The Labute approximate surface area is 111 Å². The molecule has 0 unspecified atom stereocenters. The number of halogens is 1. The molecule has 0 spiro atoms. The normalized spacial score (nSPS) is 16.0. The van der Waals surface area contributed by atoms with Gasteiger partial charge in [-0.05, 0) is 46.3 Å². The smallest absolute Gasteiger partial charge is 0.133 e. The van der Waals surface area contributed by atoms with Gasteiger partial charge in [-0.2, -0.15) is 0 Å². The van der Waals surface area contributed by atoms with Gasteiger partial charge in [-0.1, -0.05) is 26.0 Å². The second kappa shape index (κ2) is 4.99. The highest BCUT2D eigenvalue weighted by atomic mass is 79.9. The van der Waals surface area contributed by atoms with Crippen molar-refractivity contribution in [2.24, 2.45) is 5.92 Å². The zero-order chi connectivity index (χ0) is 12.5. The first kappa shape index (κ1) is 12.9. The van der Waals surface area contributed by atoms with Crippen LogP contribution in [0.3, 0.4) is 0 Å². The van der Waals surface area contributed by atoms with Crippen molar-refractivity contribution < 1.29 is 9.84 Å². The quantitative estimate of drug-likeness (QED) is 0.901. The van der Waals surface area contributed by atoms with E-state index in [0.717, 1.165) is 28.3 Å². The summed E-state index contributed by atoms with van der Waals surface area (Å²) in [7, 11) is 0. The van der Waals surface area contributed by atoms with E-state index in [4.69, 9.17) is 4.74 Å². The summed E-state index contributed by atoms with van der Waals surface area (Å²) in [6.45, 7) is 4.98. The predicted octanol–water partition coefficient (Wildman–Crippen LogP) is 3.51. The van der Waals surface area contributed by atoms with Crippen LogP contribution in [0.4, 0.5) is 0 Å². The molecule has 0 amide bonds. The molecule has 0 saturated heterocycles. The minimum absolute atomic E-state index is 0.123. The summed E-state index contributed by atoms with van der Waals surface area (Å²) in [5.41, 5.74) is 0.839. The van der Waals surface area contributed by atoms with Crippen LogP contribution in [-0.4, -0.2) is 18.3 Å². The fourth-order valence-electron chi connectivity index (χ4n) is 1.72. The molecule has 94 valence electrons. The molecule has 0 heterocycles. The van der Waals surface area contributed by atoms with Gasteiger partial charge in [0.25, 0.3) is 0 Å². The summed E-state index contributed by atoms with van der Waals surface area (Å²) < 4.78 is 6.78. The van der Waals surface area contributed by atoms with E-state index < -0.39 is 0 Å². The molecule has 0 atom stereocenters. The minimum Gasteiger partial charge on any atom is -0.492 e. The standard InChI is InChI=1S/C14H19BrO2/c1-14(2,9-16)11-4-3-5-12(13(11)15)17-8-10-6-7-10/h3-5,10,16H,6-9H2,1-2H3. The molecule has 1 aliphatic carbocycles. The number of rotatable bonds is 5. The Morgan fingerprint density at radius 3 is 2.71 bits per heavy atom. The lowest BCUT2D eigenvalue weighted by Gasteiger charge is -2.24. The molecule has 0 radical (unpaired) electrons. The lowest BCUT2D eigenvalue weighted by Crippen LogP contribution is -2.22. The van der Waals surface area contributed by atoms with Crippen molar-refractivity contribution in [3.05, 3.63) is 28.2 Å². The molecule has 2 rings (SSSR count). The van der Waals surface area contributed by atoms with Crippen molar-refractivity contribution in [1.29, 1.82) is 0 Å². The number of aliphatic hydroxyl groups is 1. The zero-order valence-corrected chi connectivity index (χ0v) is 12.0. The summed E-state index contributed by atoms with van der Waals surface area (Å²) in [5.74, 6) is 1.63. The largest absolute Gasteiger partial charge is 0.492 e. The lowest BCUT2D eigenvalue weighted by atomic mass is 9.85. The molecule has 1 fully saturated rings. The van der Waals surface area contributed by atoms with Crippen molar-refractivity contribution in [1.82, 2.24) is 0 Å². The molecule has 17 heavy (non-hydrogen) atoms. The molecule has 1 aromatic rings. The minimum atomic E-state index is -0.252. The second-order valence-corrected chi connectivity index (χ2v) is 6.21. The van der Waals surface area contributed by atoms with Crippen molar-refractivity contribution in [3.8, 4) is 5.75 Å². The number of hydrogen-bond acceptors (Lipinski definition) is 2. The lowest BCUT2D eigenvalue weighted by molar-refractivity contribution is 0.217. The third-order valence-corrected chi connectivity index (χ3v) is 4.08. The van der Waals surface area contributed by atoms with Crippen LogP contribution in [-0.2, 0) is 5.41 Å². The van der Waals surface area contributed by atoms with E-state index in [1.165, 1.54) is 12.8 Å². The van der Waals surface area contributed by atoms with Gasteiger partial charge < -0.3 is 9.84 Å². The highest BCUT2D eigenvalue weighted by molar-refractivity contribution is 9.10. The highest BCUT2D eigenvalue weighted by Crippen LogP contribution is 2.37. The maximum atomic E-state index is 9.43. The van der Waals surface area contributed by atoms with Crippen LogP contribution in [0, 0.1) is 5.92 Å². The van der Waals surface area contributed by atoms with Crippen LogP contribution < -0.4 is 4.74 Å². The van der Waals surface area contributed by atoms with E-state index in [2.05, 4.69) is 15.9 Å². The number of benzene rings is 1. The fourth-order valence-corrected chi connectivity index (χ4v) is 2.64. The Morgan fingerprint density at radius 2 is 2.12 bits per heavy atom. The maximum absolute atomic E-state index is 9.43. The first-order chi connectivity index (χ1) is 8.04. The average molecular weight is 299 g/mol. The van der Waals surface area contributed by atoms with Gasteiger partial charge in [0.2, 0.25) is 0 Å². The summed E-state index contributed by atoms with van der Waals surface area (Å²) in [6.07, 6.45) is 2.58. The highest BCUT2D eigenvalue weighted by Gasteiger charge is 2.25. The molecule has 1 aliphatic rings. The van der Waals surface area contributed by atoms with E-state index >= 15 is 0 Å².